The molecule has 0 atom stereocenters. The van der Waals surface area contributed by atoms with Gasteiger partial charge in [-0.15, -0.1) is 0 Å². The molecule has 1 aromatic rings. The quantitative estimate of drug-likeness (QED) is 0.807. The Labute approximate surface area is 105 Å². The maximum Gasteiger partial charge on any atom is 0.147 e. The fourth-order valence-corrected chi connectivity index (χ4v) is 2.09. The van der Waals surface area contributed by atoms with Gasteiger partial charge in [0.25, 0.3) is 0 Å². The standard InChI is InChI=1S/C10H15BrN2O2S/c1-16(14,15)6-2-5-12-8-10-4-3-9(11)7-13-10/h3-4,7,12H,2,5-6,8H2,1H3. The second-order valence-electron chi connectivity index (χ2n) is 3.63. The van der Waals surface area contributed by atoms with Crippen LogP contribution in [0.2, 0.25) is 0 Å². The van der Waals surface area contributed by atoms with Gasteiger partial charge in [0.05, 0.1) is 11.4 Å². The van der Waals surface area contributed by atoms with E-state index >= 15 is 0 Å². The average Bonchev–Trinajstić information content (AvgIpc) is 2.19. The van der Waals surface area contributed by atoms with Gasteiger partial charge < -0.3 is 5.32 Å². The van der Waals surface area contributed by atoms with Crippen molar-refractivity contribution in [2.24, 2.45) is 0 Å². The molecule has 0 saturated heterocycles. The summed E-state index contributed by atoms with van der Waals surface area (Å²) in [7, 11) is -2.84. The molecule has 1 aromatic heterocycles. The zero-order valence-electron chi connectivity index (χ0n) is 9.11. The van der Waals surface area contributed by atoms with Crippen LogP contribution < -0.4 is 5.32 Å². The van der Waals surface area contributed by atoms with Crippen LogP contribution in [-0.2, 0) is 16.4 Å². The highest BCUT2D eigenvalue weighted by atomic mass is 79.9. The number of halogens is 1. The molecule has 1 rings (SSSR count). The Bertz CT molecular complexity index is 417. The van der Waals surface area contributed by atoms with Crippen molar-refractivity contribution in [2.45, 2.75) is 13.0 Å². The van der Waals surface area contributed by atoms with Gasteiger partial charge in [-0.1, -0.05) is 0 Å². The van der Waals surface area contributed by atoms with Crippen LogP contribution in [0.25, 0.3) is 0 Å². The van der Waals surface area contributed by atoms with Gasteiger partial charge in [-0.2, -0.15) is 0 Å². The molecule has 90 valence electrons. The first-order chi connectivity index (χ1) is 7.47. The largest absolute Gasteiger partial charge is 0.311 e. The van der Waals surface area contributed by atoms with Crippen molar-refractivity contribution in [3.63, 3.8) is 0 Å². The Hall–Kier alpha value is -0.460. The number of hydrogen-bond donors (Lipinski definition) is 1. The van der Waals surface area contributed by atoms with Crippen molar-refractivity contribution in [3.8, 4) is 0 Å². The van der Waals surface area contributed by atoms with Gasteiger partial charge in [-0.25, -0.2) is 8.42 Å². The van der Waals surface area contributed by atoms with Crippen molar-refractivity contribution < 1.29 is 8.42 Å². The van der Waals surface area contributed by atoms with Crippen LogP contribution in [0.4, 0.5) is 0 Å². The van der Waals surface area contributed by atoms with E-state index in [4.69, 9.17) is 0 Å². The lowest BCUT2D eigenvalue weighted by Gasteiger charge is -2.03. The molecule has 0 spiro atoms. The highest BCUT2D eigenvalue weighted by Gasteiger charge is 2.00. The third-order valence-corrected chi connectivity index (χ3v) is 3.46. The van der Waals surface area contributed by atoms with E-state index in [0.717, 1.165) is 10.2 Å². The van der Waals surface area contributed by atoms with Gasteiger partial charge in [0.1, 0.15) is 9.84 Å². The maximum atomic E-state index is 10.9. The molecule has 16 heavy (non-hydrogen) atoms. The van der Waals surface area contributed by atoms with E-state index in [1.807, 2.05) is 12.1 Å². The monoisotopic (exact) mass is 306 g/mol. The lowest BCUT2D eigenvalue weighted by molar-refractivity contribution is 0.593. The number of hydrogen-bond acceptors (Lipinski definition) is 4. The fraction of sp³-hybridized carbons (Fsp3) is 0.500. The Kier molecular flexibility index (Phi) is 5.37. The second-order valence-corrected chi connectivity index (χ2v) is 6.80. The smallest absolute Gasteiger partial charge is 0.147 e. The van der Waals surface area contributed by atoms with E-state index in [1.54, 1.807) is 6.20 Å². The van der Waals surface area contributed by atoms with Crippen molar-refractivity contribution in [2.75, 3.05) is 18.6 Å². The molecular formula is C10H15BrN2O2S. The van der Waals surface area contributed by atoms with Crippen LogP contribution in [0.5, 0.6) is 0 Å². The van der Waals surface area contributed by atoms with E-state index in [0.29, 0.717) is 19.5 Å². The fourth-order valence-electron chi connectivity index (χ4n) is 1.19. The zero-order valence-corrected chi connectivity index (χ0v) is 11.5. The summed E-state index contributed by atoms with van der Waals surface area (Å²) in [6.45, 7) is 1.35. The summed E-state index contributed by atoms with van der Waals surface area (Å²) in [6.07, 6.45) is 3.63. The maximum absolute atomic E-state index is 10.9. The van der Waals surface area contributed by atoms with Crippen LogP contribution in [0, 0.1) is 0 Å². The highest BCUT2D eigenvalue weighted by Crippen LogP contribution is 2.06. The van der Waals surface area contributed by atoms with Gasteiger partial charge in [-0.05, 0) is 41.0 Å². The lowest BCUT2D eigenvalue weighted by Crippen LogP contribution is -2.18. The van der Waals surface area contributed by atoms with Crippen molar-refractivity contribution in [1.29, 1.82) is 0 Å². The first kappa shape index (κ1) is 13.6. The summed E-state index contributed by atoms with van der Waals surface area (Å²) in [5, 5.41) is 3.15. The van der Waals surface area contributed by atoms with Gasteiger partial charge in [0.15, 0.2) is 0 Å². The molecule has 0 amide bonds. The molecule has 1 heterocycles. The average molecular weight is 307 g/mol. The van der Waals surface area contributed by atoms with Gasteiger partial charge >= 0.3 is 0 Å². The van der Waals surface area contributed by atoms with E-state index in [2.05, 4.69) is 26.2 Å². The minimum Gasteiger partial charge on any atom is -0.311 e. The first-order valence-corrected chi connectivity index (χ1v) is 7.81. The SMILES string of the molecule is CS(=O)(=O)CCCNCc1ccc(Br)cn1. The van der Waals surface area contributed by atoms with E-state index in [1.165, 1.54) is 6.26 Å². The second kappa shape index (κ2) is 6.32. The predicted molar refractivity (Wildman–Crippen MR) is 68.0 cm³/mol. The van der Waals surface area contributed by atoms with Gasteiger partial charge in [0.2, 0.25) is 0 Å². The summed E-state index contributed by atoms with van der Waals surface area (Å²) >= 11 is 3.31. The molecule has 0 aliphatic rings. The molecule has 1 N–H and O–H groups in total. The normalized spacial score (nSPS) is 11.6. The third-order valence-electron chi connectivity index (χ3n) is 1.96. The minimum absolute atomic E-state index is 0.230. The first-order valence-electron chi connectivity index (χ1n) is 4.96. The zero-order chi connectivity index (χ0) is 12.0. The Balaban J connectivity index is 2.19. The molecule has 0 saturated carbocycles. The lowest BCUT2D eigenvalue weighted by atomic mass is 10.3. The molecule has 0 unspecified atom stereocenters. The van der Waals surface area contributed by atoms with Crippen LogP contribution in [0.3, 0.4) is 0 Å². The van der Waals surface area contributed by atoms with Crippen molar-refractivity contribution >= 4 is 25.8 Å². The van der Waals surface area contributed by atoms with Gasteiger partial charge in [0, 0.05) is 23.5 Å². The van der Waals surface area contributed by atoms with Gasteiger partial charge in [-0.3, -0.25) is 4.98 Å². The van der Waals surface area contributed by atoms with Crippen LogP contribution in [-0.4, -0.2) is 32.0 Å². The summed E-state index contributed by atoms with van der Waals surface area (Å²) in [6, 6.07) is 3.86. The molecule has 6 heteroatoms. The highest BCUT2D eigenvalue weighted by molar-refractivity contribution is 9.10. The van der Waals surface area contributed by atoms with E-state index < -0.39 is 9.84 Å². The Morgan fingerprint density at radius 2 is 2.19 bits per heavy atom. The summed E-state index contributed by atoms with van der Waals surface area (Å²) in [5.74, 6) is 0.230. The Morgan fingerprint density at radius 3 is 2.75 bits per heavy atom. The summed E-state index contributed by atoms with van der Waals surface area (Å²) in [5.41, 5.74) is 0.947. The number of rotatable bonds is 6. The number of pyridine rings is 1. The van der Waals surface area contributed by atoms with E-state index in [-0.39, 0.29) is 5.75 Å². The Morgan fingerprint density at radius 1 is 1.44 bits per heavy atom. The number of nitrogens with zero attached hydrogens (tertiary/aromatic N) is 1. The number of nitrogens with one attached hydrogen (secondary N) is 1. The molecule has 0 bridgehead atoms. The van der Waals surface area contributed by atoms with Crippen molar-refractivity contribution in [3.05, 3.63) is 28.5 Å². The molecule has 0 aromatic carbocycles. The predicted octanol–water partition coefficient (Wildman–Crippen LogP) is 1.37. The molecule has 0 fully saturated rings. The topological polar surface area (TPSA) is 59.1 Å². The summed E-state index contributed by atoms with van der Waals surface area (Å²) in [4.78, 5) is 4.20. The van der Waals surface area contributed by atoms with Crippen LogP contribution in [0.1, 0.15) is 12.1 Å². The molecular weight excluding hydrogens is 292 g/mol. The minimum atomic E-state index is -2.84. The molecule has 0 aliphatic carbocycles. The van der Waals surface area contributed by atoms with E-state index in [9.17, 15) is 8.42 Å². The molecule has 4 nitrogen and oxygen atoms in total. The molecule has 0 radical (unpaired) electrons. The molecule has 0 aliphatic heterocycles. The number of sulfone groups is 1. The third kappa shape index (κ3) is 6.19. The van der Waals surface area contributed by atoms with Crippen LogP contribution >= 0.6 is 15.9 Å². The summed E-state index contributed by atoms with van der Waals surface area (Å²) < 4.78 is 22.7. The number of aromatic nitrogens is 1. The van der Waals surface area contributed by atoms with Crippen molar-refractivity contribution in [1.82, 2.24) is 10.3 Å². The van der Waals surface area contributed by atoms with Crippen LogP contribution in [0.15, 0.2) is 22.8 Å².